The van der Waals surface area contributed by atoms with Crippen LogP contribution in [0.25, 0.3) is 21.6 Å². The second-order valence-electron chi connectivity index (χ2n) is 7.44. The van der Waals surface area contributed by atoms with Crippen LogP contribution in [-0.2, 0) is 0 Å². The molecule has 2 N–H and O–H groups in total. The molecule has 30 heavy (non-hydrogen) atoms. The van der Waals surface area contributed by atoms with Gasteiger partial charge in [-0.15, -0.1) is 11.3 Å². The molecule has 0 atom stereocenters. The number of anilines is 1. The van der Waals surface area contributed by atoms with Crippen LogP contribution in [0.1, 0.15) is 46.5 Å². The number of hydrazine groups is 1. The molecule has 4 aromatic heterocycles. The monoisotopic (exact) mass is 421 g/mol. The number of aryl methyl sites for hydroxylation is 3. The van der Waals surface area contributed by atoms with Gasteiger partial charge in [0.1, 0.15) is 0 Å². The zero-order valence-electron chi connectivity index (χ0n) is 17.5. The Kier molecular flexibility index (Phi) is 5.21. The Morgan fingerprint density at radius 2 is 1.80 bits per heavy atom. The van der Waals surface area contributed by atoms with E-state index in [0.717, 1.165) is 22.0 Å². The molecule has 0 fully saturated rings. The number of thiophene rings is 1. The van der Waals surface area contributed by atoms with Crippen LogP contribution in [0.5, 0.6) is 0 Å². The predicted molar refractivity (Wildman–Crippen MR) is 119 cm³/mol. The van der Waals surface area contributed by atoms with Gasteiger partial charge in [-0.1, -0.05) is 0 Å². The van der Waals surface area contributed by atoms with Crippen LogP contribution in [0.4, 0.5) is 5.95 Å². The largest absolute Gasteiger partial charge is 0.270 e. The average molecular weight is 422 g/mol. The maximum atomic E-state index is 13.1. The summed E-state index contributed by atoms with van der Waals surface area (Å²) < 4.78 is 1.83. The fraction of sp³-hybridized carbons (Fsp3) is 0.286. The summed E-state index contributed by atoms with van der Waals surface area (Å²) in [4.78, 5) is 28.7. The van der Waals surface area contributed by atoms with Crippen LogP contribution < -0.4 is 10.9 Å². The average Bonchev–Trinajstić information content (AvgIpc) is 3.30. The maximum Gasteiger partial charge on any atom is 0.270 e. The Balaban J connectivity index is 1.73. The number of pyridine rings is 1. The molecular weight excluding hydrogens is 398 g/mol. The lowest BCUT2D eigenvalue weighted by Crippen LogP contribution is -2.30. The second-order valence-corrected chi connectivity index (χ2v) is 8.73. The molecule has 0 saturated heterocycles. The molecule has 154 valence electrons. The Hall–Kier alpha value is -3.33. The summed E-state index contributed by atoms with van der Waals surface area (Å²) in [6, 6.07) is 7.86. The first kappa shape index (κ1) is 20.0. The fourth-order valence-electron chi connectivity index (χ4n) is 3.24. The van der Waals surface area contributed by atoms with Crippen LogP contribution in [0.15, 0.2) is 30.5 Å². The van der Waals surface area contributed by atoms with Crippen molar-refractivity contribution in [3.63, 3.8) is 0 Å². The summed E-state index contributed by atoms with van der Waals surface area (Å²) in [5, 5.41) is 5.15. The summed E-state index contributed by atoms with van der Waals surface area (Å²) in [6.45, 7) is 9.88. The molecule has 0 unspecified atom stereocenters. The first-order chi connectivity index (χ1) is 14.3. The SMILES string of the molecule is Cc1cc(C)nc(NNC(=O)c2cc(-c3ccc(C)s3)nc3c2cnn3C(C)C)n1. The van der Waals surface area contributed by atoms with Crippen LogP contribution in [0.2, 0.25) is 0 Å². The van der Waals surface area contributed by atoms with E-state index >= 15 is 0 Å². The van der Waals surface area contributed by atoms with E-state index in [2.05, 4.69) is 25.9 Å². The topological polar surface area (TPSA) is 97.6 Å². The van der Waals surface area contributed by atoms with Crippen molar-refractivity contribution in [1.29, 1.82) is 0 Å². The van der Waals surface area contributed by atoms with Crippen molar-refractivity contribution in [2.75, 3.05) is 5.43 Å². The normalized spacial score (nSPS) is 11.3. The number of carbonyl (C=O) groups is 1. The van der Waals surface area contributed by atoms with Gasteiger partial charge in [0.2, 0.25) is 5.95 Å². The highest BCUT2D eigenvalue weighted by Gasteiger charge is 2.19. The lowest BCUT2D eigenvalue weighted by molar-refractivity contribution is 0.0964. The Bertz CT molecular complexity index is 1220. The summed E-state index contributed by atoms with van der Waals surface area (Å²) in [5.41, 5.74) is 9.08. The lowest BCUT2D eigenvalue weighted by Gasteiger charge is -2.11. The van der Waals surface area contributed by atoms with Crippen molar-refractivity contribution in [3.05, 3.63) is 52.3 Å². The zero-order valence-corrected chi connectivity index (χ0v) is 18.3. The van der Waals surface area contributed by atoms with E-state index in [4.69, 9.17) is 4.98 Å². The van der Waals surface area contributed by atoms with Crippen LogP contribution in [0.3, 0.4) is 0 Å². The van der Waals surface area contributed by atoms with Gasteiger partial charge in [-0.3, -0.25) is 15.6 Å². The summed E-state index contributed by atoms with van der Waals surface area (Å²) in [5.74, 6) is 0.0427. The molecule has 0 saturated carbocycles. The molecule has 0 spiro atoms. The Morgan fingerprint density at radius 1 is 1.07 bits per heavy atom. The van der Waals surface area contributed by atoms with Gasteiger partial charge in [0.25, 0.3) is 5.91 Å². The number of hydrogen-bond acceptors (Lipinski definition) is 7. The van der Waals surface area contributed by atoms with Crippen LogP contribution >= 0.6 is 11.3 Å². The molecule has 0 aromatic carbocycles. The van der Waals surface area contributed by atoms with E-state index in [1.165, 1.54) is 4.88 Å². The molecule has 0 aliphatic rings. The molecule has 1 amide bonds. The number of hydrogen-bond donors (Lipinski definition) is 2. The van der Waals surface area contributed by atoms with Crippen molar-refractivity contribution in [1.82, 2.24) is 30.2 Å². The highest BCUT2D eigenvalue weighted by Crippen LogP contribution is 2.30. The minimum atomic E-state index is -0.303. The minimum absolute atomic E-state index is 0.119. The van der Waals surface area contributed by atoms with Gasteiger partial charge < -0.3 is 0 Å². The van der Waals surface area contributed by atoms with Crippen molar-refractivity contribution >= 4 is 34.2 Å². The van der Waals surface area contributed by atoms with E-state index in [1.54, 1.807) is 23.6 Å². The number of aromatic nitrogens is 5. The van der Waals surface area contributed by atoms with Gasteiger partial charge in [-0.2, -0.15) is 5.10 Å². The van der Waals surface area contributed by atoms with Crippen LogP contribution in [0, 0.1) is 20.8 Å². The van der Waals surface area contributed by atoms with Crippen molar-refractivity contribution in [3.8, 4) is 10.6 Å². The maximum absolute atomic E-state index is 13.1. The zero-order chi connectivity index (χ0) is 21.4. The number of carbonyl (C=O) groups excluding carboxylic acids is 1. The third kappa shape index (κ3) is 3.88. The van der Waals surface area contributed by atoms with Gasteiger partial charge in [0.15, 0.2) is 5.65 Å². The molecule has 4 heterocycles. The number of rotatable bonds is 5. The minimum Gasteiger partial charge on any atom is -0.267 e. The van der Waals surface area contributed by atoms with E-state index in [0.29, 0.717) is 22.5 Å². The summed E-state index contributed by atoms with van der Waals surface area (Å²) in [6.07, 6.45) is 1.69. The standard InChI is InChI=1S/C21H23N7OS/c1-11(2)28-19-16(10-22-28)15(9-17(25-19)18-7-6-14(5)30-18)20(29)26-27-21-23-12(3)8-13(4)24-21/h6-11H,1-5H3,(H,26,29)(H,23,24,27). The smallest absolute Gasteiger partial charge is 0.267 e. The van der Waals surface area contributed by atoms with Gasteiger partial charge in [0, 0.05) is 22.3 Å². The first-order valence-electron chi connectivity index (χ1n) is 9.65. The van der Waals surface area contributed by atoms with Crippen LogP contribution in [-0.4, -0.2) is 30.6 Å². The molecule has 0 radical (unpaired) electrons. The molecule has 4 aromatic rings. The molecule has 8 nitrogen and oxygen atoms in total. The molecule has 4 rings (SSSR count). The van der Waals surface area contributed by atoms with E-state index in [1.807, 2.05) is 57.5 Å². The third-order valence-corrected chi connectivity index (χ3v) is 5.59. The number of nitrogens with one attached hydrogen (secondary N) is 2. The van der Waals surface area contributed by atoms with Crippen molar-refractivity contribution in [2.24, 2.45) is 0 Å². The van der Waals surface area contributed by atoms with E-state index < -0.39 is 0 Å². The summed E-state index contributed by atoms with van der Waals surface area (Å²) in [7, 11) is 0. The quantitative estimate of drug-likeness (QED) is 0.469. The number of amides is 1. The van der Waals surface area contributed by atoms with E-state index in [9.17, 15) is 4.79 Å². The van der Waals surface area contributed by atoms with Crippen molar-refractivity contribution in [2.45, 2.75) is 40.7 Å². The highest BCUT2D eigenvalue weighted by molar-refractivity contribution is 7.15. The highest BCUT2D eigenvalue weighted by atomic mass is 32.1. The lowest BCUT2D eigenvalue weighted by atomic mass is 10.1. The number of nitrogens with zero attached hydrogens (tertiary/aromatic N) is 5. The molecular formula is C21H23N7OS. The summed E-state index contributed by atoms with van der Waals surface area (Å²) >= 11 is 1.64. The Labute approximate surface area is 178 Å². The van der Waals surface area contributed by atoms with E-state index in [-0.39, 0.29) is 11.9 Å². The van der Waals surface area contributed by atoms with Gasteiger partial charge >= 0.3 is 0 Å². The van der Waals surface area contributed by atoms with Gasteiger partial charge in [-0.25, -0.2) is 19.6 Å². The molecule has 0 aliphatic carbocycles. The fourth-order valence-corrected chi connectivity index (χ4v) is 4.07. The molecule has 0 bridgehead atoms. The van der Waals surface area contributed by atoms with Crippen molar-refractivity contribution < 1.29 is 4.79 Å². The first-order valence-corrected chi connectivity index (χ1v) is 10.5. The number of fused-ring (bicyclic) bond motifs is 1. The Morgan fingerprint density at radius 3 is 2.43 bits per heavy atom. The molecule has 0 aliphatic heterocycles. The van der Waals surface area contributed by atoms with Gasteiger partial charge in [-0.05, 0) is 58.9 Å². The third-order valence-electron chi connectivity index (χ3n) is 4.56. The second kappa shape index (κ2) is 7.83. The predicted octanol–water partition coefficient (Wildman–Crippen LogP) is 4.21. The van der Waals surface area contributed by atoms with Gasteiger partial charge in [0.05, 0.1) is 27.7 Å². The molecule has 9 heteroatoms.